The third kappa shape index (κ3) is 4.56. The van der Waals surface area contributed by atoms with Gasteiger partial charge in [-0.1, -0.05) is 6.07 Å². The fourth-order valence-electron chi connectivity index (χ4n) is 3.14. The van der Waals surface area contributed by atoms with Crippen LogP contribution in [0, 0.1) is 12.7 Å². The van der Waals surface area contributed by atoms with Crippen LogP contribution < -0.4 is 15.5 Å². The molecule has 5 nitrogen and oxygen atoms in total. The largest absolute Gasteiger partial charge is 0.367 e. The van der Waals surface area contributed by atoms with Gasteiger partial charge in [-0.05, 0) is 24.6 Å². The predicted octanol–water partition coefficient (Wildman–Crippen LogP) is 2.30. The number of hydrogen-bond donors (Lipinski definition) is 2. The molecule has 2 heterocycles. The van der Waals surface area contributed by atoms with Gasteiger partial charge < -0.3 is 15.5 Å². The Hall–Kier alpha value is -2.06. The number of piperazine rings is 1. The van der Waals surface area contributed by atoms with Crippen molar-refractivity contribution >= 4 is 5.69 Å². The average Bonchev–Trinajstić information content (AvgIpc) is 2.95. The number of benzene rings is 1. The molecule has 8 heteroatoms. The van der Waals surface area contributed by atoms with Crippen molar-refractivity contribution in [2.24, 2.45) is 0 Å². The summed E-state index contributed by atoms with van der Waals surface area (Å²) in [5.41, 5.74) is 3.07. The number of aromatic nitrogens is 2. The van der Waals surface area contributed by atoms with Gasteiger partial charge in [0.1, 0.15) is 12.4 Å². The fourth-order valence-corrected chi connectivity index (χ4v) is 3.14. The lowest BCUT2D eigenvalue weighted by atomic mass is 10.1. The van der Waals surface area contributed by atoms with Gasteiger partial charge in [0.25, 0.3) is 6.43 Å². The number of alkyl halides is 2. The summed E-state index contributed by atoms with van der Waals surface area (Å²) in [6, 6.07) is 5.29. The number of nitrogens with zero attached hydrogens (tertiary/aromatic N) is 3. The van der Waals surface area contributed by atoms with E-state index in [9.17, 15) is 13.2 Å². The molecule has 142 valence electrons. The summed E-state index contributed by atoms with van der Waals surface area (Å²) in [7, 11) is 0. The van der Waals surface area contributed by atoms with E-state index < -0.39 is 13.0 Å². The highest BCUT2D eigenvalue weighted by atomic mass is 19.3. The summed E-state index contributed by atoms with van der Waals surface area (Å²) < 4.78 is 40.6. The second-order valence-electron chi connectivity index (χ2n) is 6.45. The normalized spacial score (nSPS) is 15.0. The standard InChI is InChI=1S/C18H24F3N5/c1-13-15(11-24-26(13)12-18(20)21)10-23-9-14-2-3-17(16(19)8-14)25-6-4-22-5-7-25/h2-3,8,11,18,22-23H,4-7,9-10,12H2,1H3. The van der Waals surface area contributed by atoms with Crippen molar-refractivity contribution in [2.45, 2.75) is 33.0 Å². The second-order valence-corrected chi connectivity index (χ2v) is 6.45. The minimum absolute atomic E-state index is 0.216. The van der Waals surface area contributed by atoms with Crippen molar-refractivity contribution in [3.8, 4) is 0 Å². The Morgan fingerprint density at radius 2 is 2.00 bits per heavy atom. The number of rotatable bonds is 7. The van der Waals surface area contributed by atoms with E-state index in [1.807, 2.05) is 17.0 Å². The van der Waals surface area contributed by atoms with Gasteiger partial charge in [0.15, 0.2) is 0 Å². The van der Waals surface area contributed by atoms with Crippen molar-refractivity contribution in [1.29, 1.82) is 0 Å². The highest BCUT2D eigenvalue weighted by Crippen LogP contribution is 2.21. The van der Waals surface area contributed by atoms with Crippen LogP contribution in [0.5, 0.6) is 0 Å². The second kappa shape index (κ2) is 8.55. The highest BCUT2D eigenvalue weighted by Gasteiger charge is 2.15. The Kier molecular flexibility index (Phi) is 6.16. The molecule has 0 bridgehead atoms. The van der Waals surface area contributed by atoms with E-state index >= 15 is 0 Å². The first-order valence-corrected chi connectivity index (χ1v) is 8.79. The van der Waals surface area contributed by atoms with E-state index in [-0.39, 0.29) is 5.82 Å². The molecule has 1 aliphatic rings. The maximum atomic E-state index is 14.4. The molecule has 0 saturated carbocycles. The molecule has 3 rings (SSSR count). The summed E-state index contributed by atoms with van der Waals surface area (Å²) in [5.74, 6) is -0.216. The molecule has 0 spiro atoms. The van der Waals surface area contributed by atoms with Crippen LogP contribution in [0.15, 0.2) is 24.4 Å². The van der Waals surface area contributed by atoms with Crippen LogP contribution >= 0.6 is 0 Å². The topological polar surface area (TPSA) is 45.1 Å². The van der Waals surface area contributed by atoms with E-state index in [1.54, 1.807) is 19.2 Å². The molecule has 1 fully saturated rings. The fraction of sp³-hybridized carbons (Fsp3) is 0.500. The summed E-state index contributed by atoms with van der Waals surface area (Å²) in [4.78, 5) is 2.05. The Morgan fingerprint density at radius 3 is 2.69 bits per heavy atom. The zero-order valence-corrected chi connectivity index (χ0v) is 14.8. The minimum Gasteiger partial charge on any atom is -0.367 e. The Bertz CT molecular complexity index is 726. The zero-order valence-electron chi connectivity index (χ0n) is 14.8. The van der Waals surface area contributed by atoms with Crippen LogP contribution in [0.2, 0.25) is 0 Å². The van der Waals surface area contributed by atoms with E-state index in [0.717, 1.165) is 43.0 Å². The summed E-state index contributed by atoms with van der Waals surface area (Å²) in [5, 5.41) is 10.5. The highest BCUT2D eigenvalue weighted by molar-refractivity contribution is 5.49. The molecule has 1 aromatic heterocycles. The molecule has 0 unspecified atom stereocenters. The molecule has 0 amide bonds. The predicted molar refractivity (Wildman–Crippen MR) is 95.0 cm³/mol. The Balaban J connectivity index is 1.55. The first kappa shape index (κ1) is 18.7. The van der Waals surface area contributed by atoms with Crippen LogP contribution in [0.25, 0.3) is 0 Å². The van der Waals surface area contributed by atoms with Crippen LogP contribution in [-0.2, 0) is 19.6 Å². The molecule has 1 aromatic carbocycles. The third-order valence-electron chi connectivity index (χ3n) is 4.63. The van der Waals surface area contributed by atoms with Gasteiger partial charge in [-0.3, -0.25) is 4.68 Å². The van der Waals surface area contributed by atoms with Gasteiger partial charge in [0.2, 0.25) is 0 Å². The summed E-state index contributed by atoms with van der Waals surface area (Å²) in [6.07, 6.45) is -0.828. The molecule has 0 aliphatic carbocycles. The molecule has 1 aliphatic heterocycles. The average molecular weight is 367 g/mol. The van der Waals surface area contributed by atoms with E-state index in [2.05, 4.69) is 15.7 Å². The van der Waals surface area contributed by atoms with Crippen LogP contribution in [0.4, 0.5) is 18.9 Å². The number of nitrogens with one attached hydrogen (secondary N) is 2. The van der Waals surface area contributed by atoms with Crippen LogP contribution in [0.3, 0.4) is 0 Å². The quantitative estimate of drug-likeness (QED) is 0.788. The van der Waals surface area contributed by atoms with Crippen molar-refractivity contribution in [1.82, 2.24) is 20.4 Å². The maximum absolute atomic E-state index is 14.4. The molecule has 2 aromatic rings. The van der Waals surface area contributed by atoms with Gasteiger partial charge in [-0.15, -0.1) is 0 Å². The number of anilines is 1. The van der Waals surface area contributed by atoms with Crippen molar-refractivity contribution in [2.75, 3.05) is 31.1 Å². The van der Waals surface area contributed by atoms with Crippen molar-refractivity contribution in [3.05, 3.63) is 47.0 Å². The lowest BCUT2D eigenvalue weighted by Gasteiger charge is -2.29. The summed E-state index contributed by atoms with van der Waals surface area (Å²) >= 11 is 0. The van der Waals surface area contributed by atoms with Gasteiger partial charge in [-0.2, -0.15) is 5.10 Å². The van der Waals surface area contributed by atoms with Crippen LogP contribution in [-0.4, -0.2) is 42.4 Å². The molecule has 1 saturated heterocycles. The SMILES string of the molecule is Cc1c(CNCc2ccc(N3CCNCC3)c(F)c2)cnn1CC(F)F. The monoisotopic (exact) mass is 367 g/mol. The van der Waals surface area contributed by atoms with Gasteiger partial charge in [-0.25, -0.2) is 13.2 Å². The van der Waals surface area contributed by atoms with Crippen molar-refractivity contribution < 1.29 is 13.2 Å². The van der Waals surface area contributed by atoms with Gasteiger partial charge >= 0.3 is 0 Å². The molecular weight excluding hydrogens is 343 g/mol. The smallest absolute Gasteiger partial charge is 0.257 e. The molecule has 0 atom stereocenters. The Morgan fingerprint density at radius 1 is 1.23 bits per heavy atom. The Labute approximate surface area is 151 Å². The van der Waals surface area contributed by atoms with Crippen molar-refractivity contribution in [3.63, 3.8) is 0 Å². The molecule has 0 radical (unpaired) electrons. The van der Waals surface area contributed by atoms with Gasteiger partial charge in [0, 0.05) is 50.5 Å². The minimum atomic E-state index is -2.42. The molecule has 2 N–H and O–H groups in total. The first-order chi connectivity index (χ1) is 12.5. The van der Waals surface area contributed by atoms with Gasteiger partial charge in [0.05, 0.1) is 11.9 Å². The lowest BCUT2D eigenvalue weighted by molar-refractivity contribution is 0.121. The van der Waals surface area contributed by atoms with Crippen LogP contribution in [0.1, 0.15) is 16.8 Å². The maximum Gasteiger partial charge on any atom is 0.257 e. The lowest BCUT2D eigenvalue weighted by Crippen LogP contribution is -2.43. The van der Waals surface area contributed by atoms with E-state index in [1.165, 1.54) is 4.68 Å². The molecular formula is C18H24F3N5. The third-order valence-corrected chi connectivity index (χ3v) is 4.63. The first-order valence-electron chi connectivity index (χ1n) is 8.79. The zero-order chi connectivity index (χ0) is 18.5. The summed E-state index contributed by atoms with van der Waals surface area (Å²) in [6.45, 7) is 5.70. The molecule has 26 heavy (non-hydrogen) atoms. The van der Waals surface area contributed by atoms with E-state index in [4.69, 9.17) is 0 Å². The number of halogens is 3. The van der Waals surface area contributed by atoms with E-state index in [0.29, 0.717) is 18.8 Å². The number of hydrogen-bond acceptors (Lipinski definition) is 4.